The van der Waals surface area contributed by atoms with Crippen molar-refractivity contribution in [3.05, 3.63) is 58.0 Å². The first-order valence-electron chi connectivity index (χ1n) is 6.37. The third kappa shape index (κ3) is 3.28. The number of nitrogens with zero attached hydrogens (tertiary/aromatic N) is 3. The molecule has 0 fully saturated rings. The molecule has 1 aromatic heterocycles. The van der Waals surface area contributed by atoms with Crippen molar-refractivity contribution in [3.8, 4) is 0 Å². The largest absolute Gasteiger partial charge is 0.366 e. The molecule has 0 bridgehead atoms. The van der Waals surface area contributed by atoms with Crippen LogP contribution in [0.4, 0.5) is 11.5 Å². The predicted molar refractivity (Wildman–Crippen MR) is 76.5 cm³/mol. The van der Waals surface area contributed by atoms with E-state index < -0.39 is 0 Å². The molecule has 2 aromatic rings. The third-order valence-corrected chi connectivity index (χ3v) is 2.84. The zero-order valence-electron chi connectivity index (χ0n) is 11.4. The lowest BCUT2D eigenvalue weighted by molar-refractivity contribution is -0.385. The van der Waals surface area contributed by atoms with E-state index in [9.17, 15) is 10.1 Å². The molecule has 0 amide bonds. The standard InChI is InChI=1S/C14H16N4O2/c1-10(2)14-15-8-7-13(17-14)16-9-11-5-3-4-6-12(11)18(19)20/h3-8,10H,9H2,1-2H3,(H,15,16,17). The Morgan fingerprint density at radius 1 is 1.30 bits per heavy atom. The van der Waals surface area contributed by atoms with E-state index in [1.807, 2.05) is 13.8 Å². The molecule has 0 aliphatic rings. The molecule has 1 heterocycles. The van der Waals surface area contributed by atoms with Crippen LogP contribution in [-0.2, 0) is 6.54 Å². The lowest BCUT2D eigenvalue weighted by atomic mass is 10.2. The smallest absolute Gasteiger partial charge is 0.274 e. The number of benzene rings is 1. The maximum atomic E-state index is 10.9. The van der Waals surface area contributed by atoms with E-state index in [0.717, 1.165) is 5.82 Å². The molecule has 6 heteroatoms. The molecule has 0 saturated heterocycles. The van der Waals surface area contributed by atoms with Gasteiger partial charge in [-0.25, -0.2) is 9.97 Å². The number of hydrogen-bond donors (Lipinski definition) is 1. The van der Waals surface area contributed by atoms with Crippen molar-refractivity contribution >= 4 is 11.5 Å². The van der Waals surface area contributed by atoms with Crippen molar-refractivity contribution in [1.29, 1.82) is 0 Å². The normalized spacial score (nSPS) is 10.6. The van der Waals surface area contributed by atoms with E-state index in [1.54, 1.807) is 30.5 Å². The van der Waals surface area contributed by atoms with Crippen molar-refractivity contribution in [1.82, 2.24) is 9.97 Å². The molecule has 0 unspecified atom stereocenters. The summed E-state index contributed by atoms with van der Waals surface area (Å²) in [5, 5.41) is 14.0. The molecular weight excluding hydrogens is 256 g/mol. The molecule has 1 N–H and O–H groups in total. The van der Waals surface area contributed by atoms with Crippen LogP contribution >= 0.6 is 0 Å². The van der Waals surface area contributed by atoms with Crippen molar-refractivity contribution in [2.75, 3.05) is 5.32 Å². The van der Waals surface area contributed by atoms with Crippen LogP contribution in [0.2, 0.25) is 0 Å². The maximum absolute atomic E-state index is 10.9. The van der Waals surface area contributed by atoms with Gasteiger partial charge in [0.25, 0.3) is 5.69 Å². The molecule has 6 nitrogen and oxygen atoms in total. The van der Waals surface area contributed by atoms with Crippen molar-refractivity contribution in [2.45, 2.75) is 26.3 Å². The topological polar surface area (TPSA) is 81.0 Å². The van der Waals surface area contributed by atoms with E-state index in [0.29, 0.717) is 17.9 Å². The summed E-state index contributed by atoms with van der Waals surface area (Å²) < 4.78 is 0. The van der Waals surface area contributed by atoms with E-state index in [4.69, 9.17) is 0 Å². The van der Waals surface area contributed by atoms with Crippen LogP contribution in [0.5, 0.6) is 0 Å². The summed E-state index contributed by atoms with van der Waals surface area (Å²) in [6.45, 7) is 4.38. The summed E-state index contributed by atoms with van der Waals surface area (Å²) in [6.07, 6.45) is 1.68. The zero-order chi connectivity index (χ0) is 14.5. The predicted octanol–water partition coefficient (Wildman–Crippen LogP) is 3.12. The quantitative estimate of drug-likeness (QED) is 0.668. The number of nitrogens with one attached hydrogen (secondary N) is 1. The highest BCUT2D eigenvalue weighted by atomic mass is 16.6. The highest BCUT2D eigenvalue weighted by Crippen LogP contribution is 2.19. The molecule has 0 aliphatic carbocycles. The first kappa shape index (κ1) is 13.9. The molecule has 0 radical (unpaired) electrons. The van der Waals surface area contributed by atoms with Gasteiger partial charge in [-0.3, -0.25) is 10.1 Å². The van der Waals surface area contributed by atoms with Crippen LogP contribution in [0.25, 0.3) is 0 Å². The molecule has 0 spiro atoms. The van der Waals surface area contributed by atoms with Crippen LogP contribution < -0.4 is 5.32 Å². The van der Waals surface area contributed by atoms with Gasteiger partial charge in [-0.05, 0) is 6.07 Å². The number of hydrogen-bond acceptors (Lipinski definition) is 5. The number of nitro groups is 1. The van der Waals surface area contributed by atoms with E-state index in [-0.39, 0.29) is 16.5 Å². The molecule has 104 valence electrons. The first-order valence-corrected chi connectivity index (χ1v) is 6.37. The Kier molecular flexibility index (Phi) is 4.24. The number of nitro benzene ring substituents is 1. The molecular formula is C14H16N4O2. The number of rotatable bonds is 5. The number of aromatic nitrogens is 2. The Balaban J connectivity index is 2.13. The summed E-state index contributed by atoms with van der Waals surface area (Å²) in [4.78, 5) is 19.1. The van der Waals surface area contributed by atoms with Crippen LogP contribution in [0.3, 0.4) is 0 Å². The fourth-order valence-corrected chi connectivity index (χ4v) is 1.77. The molecule has 0 atom stereocenters. The van der Waals surface area contributed by atoms with Gasteiger partial charge in [0.05, 0.1) is 4.92 Å². The van der Waals surface area contributed by atoms with Gasteiger partial charge in [-0.1, -0.05) is 32.0 Å². The average molecular weight is 272 g/mol. The van der Waals surface area contributed by atoms with Crippen molar-refractivity contribution < 1.29 is 4.92 Å². The van der Waals surface area contributed by atoms with Crippen LogP contribution in [0.15, 0.2) is 36.5 Å². The minimum absolute atomic E-state index is 0.109. The monoisotopic (exact) mass is 272 g/mol. The van der Waals surface area contributed by atoms with Crippen LogP contribution in [-0.4, -0.2) is 14.9 Å². The number of para-hydroxylation sites is 1. The number of anilines is 1. The van der Waals surface area contributed by atoms with Crippen molar-refractivity contribution in [2.24, 2.45) is 0 Å². The maximum Gasteiger partial charge on any atom is 0.274 e. The highest BCUT2D eigenvalue weighted by molar-refractivity contribution is 5.43. The van der Waals surface area contributed by atoms with Crippen LogP contribution in [0.1, 0.15) is 31.2 Å². The second-order valence-electron chi connectivity index (χ2n) is 4.69. The minimum Gasteiger partial charge on any atom is -0.366 e. The Labute approximate surface area is 117 Å². The second-order valence-corrected chi connectivity index (χ2v) is 4.69. The summed E-state index contributed by atoms with van der Waals surface area (Å²) in [7, 11) is 0. The van der Waals surface area contributed by atoms with Gasteiger partial charge >= 0.3 is 0 Å². The first-order chi connectivity index (χ1) is 9.58. The zero-order valence-corrected chi connectivity index (χ0v) is 11.4. The fourth-order valence-electron chi connectivity index (χ4n) is 1.77. The van der Waals surface area contributed by atoms with E-state index in [2.05, 4.69) is 15.3 Å². The van der Waals surface area contributed by atoms with Gasteiger partial charge in [-0.2, -0.15) is 0 Å². The summed E-state index contributed by atoms with van der Waals surface area (Å²) in [5.74, 6) is 1.65. The minimum atomic E-state index is -0.378. The third-order valence-electron chi connectivity index (χ3n) is 2.84. The summed E-state index contributed by atoms with van der Waals surface area (Å²) >= 11 is 0. The van der Waals surface area contributed by atoms with Crippen LogP contribution in [0, 0.1) is 10.1 Å². The lowest BCUT2D eigenvalue weighted by Crippen LogP contribution is -2.06. The molecule has 20 heavy (non-hydrogen) atoms. The van der Waals surface area contributed by atoms with E-state index >= 15 is 0 Å². The Morgan fingerprint density at radius 2 is 2.05 bits per heavy atom. The van der Waals surface area contributed by atoms with Gasteiger partial charge in [0.2, 0.25) is 0 Å². The second kappa shape index (κ2) is 6.10. The fraction of sp³-hybridized carbons (Fsp3) is 0.286. The van der Waals surface area contributed by atoms with Gasteiger partial charge in [-0.15, -0.1) is 0 Å². The van der Waals surface area contributed by atoms with E-state index in [1.165, 1.54) is 6.07 Å². The molecule has 1 aromatic carbocycles. The van der Waals surface area contributed by atoms with Gasteiger partial charge < -0.3 is 5.32 Å². The Bertz CT molecular complexity index is 614. The summed E-state index contributed by atoms with van der Waals surface area (Å²) in [5.41, 5.74) is 0.736. The highest BCUT2D eigenvalue weighted by Gasteiger charge is 2.12. The van der Waals surface area contributed by atoms with Crippen molar-refractivity contribution in [3.63, 3.8) is 0 Å². The lowest BCUT2D eigenvalue weighted by Gasteiger charge is -2.08. The van der Waals surface area contributed by atoms with Gasteiger partial charge in [0, 0.05) is 30.3 Å². The molecule has 0 aliphatic heterocycles. The average Bonchev–Trinajstić information content (AvgIpc) is 2.45. The SMILES string of the molecule is CC(C)c1nccc(NCc2ccccc2[N+](=O)[O-])n1. The summed E-state index contributed by atoms with van der Waals surface area (Å²) in [6, 6.07) is 8.42. The molecule has 2 rings (SSSR count). The van der Waals surface area contributed by atoms with Gasteiger partial charge in [0.1, 0.15) is 11.6 Å². The Morgan fingerprint density at radius 3 is 2.75 bits per heavy atom. The molecule has 0 saturated carbocycles. The Hall–Kier alpha value is -2.50. The van der Waals surface area contributed by atoms with Gasteiger partial charge in [0.15, 0.2) is 0 Å².